The Bertz CT molecular complexity index is 756. The number of hydrogen-bond donors (Lipinski definition) is 11. The molecule has 36 heavy (non-hydrogen) atoms. The predicted octanol–water partition coefficient (Wildman–Crippen LogP) is -7.27. The molecule has 1 saturated carbocycles. The third-order valence-electron chi connectivity index (χ3n) is 7.41. The standard InChI is InChI=1S/C20H37N3O13/c1-23-7-2-5(21)9(26)16(10(7)27)33-19-13(30)17-15(8(4-25)32-19)35-20(36-17)18(31)12(29)11(28)14(34-20)6(22)3-24/h5-19,23-31H,2-4,21-22H2,1H3/t5-,6?,7+,8-,9+,10-,11-,12+,13+,14-,15+,16-,17-,18-,19+,20?/m1/s1. The van der Waals surface area contributed by atoms with Gasteiger partial charge < -0.3 is 81.3 Å². The van der Waals surface area contributed by atoms with Crippen molar-refractivity contribution in [1.82, 2.24) is 5.32 Å². The lowest BCUT2D eigenvalue weighted by Gasteiger charge is -2.46. The zero-order chi connectivity index (χ0) is 26.5. The molecule has 1 aliphatic carbocycles. The van der Waals surface area contributed by atoms with Crippen molar-refractivity contribution in [2.24, 2.45) is 11.5 Å². The van der Waals surface area contributed by atoms with Crippen LogP contribution >= 0.6 is 0 Å². The van der Waals surface area contributed by atoms with Gasteiger partial charge in [-0.3, -0.25) is 0 Å². The lowest BCUT2D eigenvalue weighted by atomic mass is 9.84. The number of aliphatic hydroxyl groups excluding tert-OH is 8. The van der Waals surface area contributed by atoms with E-state index in [1.54, 1.807) is 7.05 Å². The van der Waals surface area contributed by atoms with Gasteiger partial charge in [-0.1, -0.05) is 0 Å². The van der Waals surface area contributed by atoms with E-state index in [-0.39, 0.29) is 6.42 Å². The molecule has 1 spiro atoms. The number of aliphatic hydroxyl groups is 8. The highest BCUT2D eigenvalue weighted by Gasteiger charge is 2.67. The van der Waals surface area contributed by atoms with E-state index in [0.717, 1.165) is 0 Å². The first-order valence-corrected chi connectivity index (χ1v) is 11.8. The second kappa shape index (κ2) is 10.9. The van der Waals surface area contributed by atoms with Crippen molar-refractivity contribution in [2.75, 3.05) is 20.3 Å². The number of ether oxygens (including phenoxy) is 5. The third kappa shape index (κ3) is 4.68. The maximum Gasteiger partial charge on any atom is 0.314 e. The summed E-state index contributed by atoms with van der Waals surface area (Å²) in [7, 11) is 1.60. The van der Waals surface area contributed by atoms with E-state index in [9.17, 15) is 40.9 Å². The van der Waals surface area contributed by atoms with Gasteiger partial charge in [0.1, 0.15) is 48.8 Å². The molecule has 0 aromatic heterocycles. The van der Waals surface area contributed by atoms with Crippen LogP contribution in [0.5, 0.6) is 0 Å². The first kappa shape index (κ1) is 28.4. The smallest absolute Gasteiger partial charge is 0.314 e. The zero-order valence-corrected chi connectivity index (χ0v) is 19.6. The van der Waals surface area contributed by atoms with Crippen LogP contribution in [0.15, 0.2) is 0 Å². The lowest BCUT2D eigenvalue weighted by molar-refractivity contribution is -0.437. The molecule has 4 rings (SSSR count). The van der Waals surface area contributed by atoms with Gasteiger partial charge in [-0.15, -0.1) is 0 Å². The number of hydrogen-bond acceptors (Lipinski definition) is 16. The number of likely N-dealkylation sites (N-methyl/N-ethyl adjacent to an activating group) is 1. The maximum absolute atomic E-state index is 11.0. The molecular formula is C20H37N3O13. The van der Waals surface area contributed by atoms with E-state index in [2.05, 4.69) is 5.32 Å². The van der Waals surface area contributed by atoms with Crippen LogP contribution < -0.4 is 16.8 Å². The normalized spacial score (nSPS) is 54.4. The Morgan fingerprint density at radius 2 is 1.61 bits per heavy atom. The molecule has 13 N–H and O–H groups in total. The van der Waals surface area contributed by atoms with Crippen molar-refractivity contribution >= 4 is 0 Å². The summed E-state index contributed by atoms with van der Waals surface area (Å²) in [5.41, 5.74) is 11.7. The number of nitrogens with two attached hydrogens (primary N) is 2. The van der Waals surface area contributed by atoms with E-state index >= 15 is 0 Å². The molecule has 3 heterocycles. The highest BCUT2D eigenvalue weighted by atomic mass is 16.9. The molecule has 0 amide bonds. The Morgan fingerprint density at radius 1 is 0.944 bits per heavy atom. The van der Waals surface area contributed by atoms with Gasteiger partial charge in [0, 0.05) is 12.1 Å². The quantitative estimate of drug-likeness (QED) is 0.153. The molecule has 16 heteroatoms. The third-order valence-corrected chi connectivity index (χ3v) is 7.41. The first-order chi connectivity index (χ1) is 17.0. The highest BCUT2D eigenvalue weighted by molar-refractivity contribution is 5.05. The molecule has 4 fully saturated rings. The topological polar surface area (TPSA) is 272 Å². The number of rotatable bonds is 6. The van der Waals surface area contributed by atoms with E-state index in [4.69, 9.17) is 35.2 Å². The summed E-state index contributed by atoms with van der Waals surface area (Å²) in [5, 5.41) is 85.7. The molecule has 16 atom stereocenters. The van der Waals surface area contributed by atoms with Gasteiger partial charge in [0.05, 0.1) is 31.5 Å². The largest absolute Gasteiger partial charge is 0.395 e. The van der Waals surface area contributed by atoms with Gasteiger partial charge in [-0.05, 0) is 13.5 Å². The summed E-state index contributed by atoms with van der Waals surface area (Å²) in [4.78, 5) is 0. The van der Waals surface area contributed by atoms with Crippen molar-refractivity contribution in [3.8, 4) is 0 Å². The molecule has 0 aromatic rings. The summed E-state index contributed by atoms with van der Waals surface area (Å²) in [6, 6.07) is -2.46. The summed E-state index contributed by atoms with van der Waals surface area (Å²) >= 11 is 0. The van der Waals surface area contributed by atoms with E-state index in [1.807, 2.05) is 0 Å². The number of nitrogens with one attached hydrogen (secondary N) is 1. The Balaban J connectivity index is 1.56. The van der Waals surface area contributed by atoms with Gasteiger partial charge in [0.2, 0.25) is 0 Å². The minimum absolute atomic E-state index is 0.261. The zero-order valence-electron chi connectivity index (χ0n) is 19.6. The SMILES string of the molecule is CN[C@H]1C[C@@H](N)[C@H](O)[C@@H](O[C@@H]2O[C@H](CO)[C@@H]3OC4(O[C@@H]3[C@@H]2O)O[C@H](C(N)CO)[C@H](O)[C@H](O)[C@H]4O)[C@@H]1O. The summed E-state index contributed by atoms with van der Waals surface area (Å²) < 4.78 is 28.5. The Morgan fingerprint density at radius 3 is 2.22 bits per heavy atom. The van der Waals surface area contributed by atoms with Crippen LogP contribution in [0.2, 0.25) is 0 Å². The molecule has 3 aliphatic heterocycles. The van der Waals surface area contributed by atoms with Gasteiger partial charge in [-0.25, -0.2) is 0 Å². The molecule has 3 saturated heterocycles. The van der Waals surface area contributed by atoms with Crippen molar-refractivity contribution in [3.05, 3.63) is 0 Å². The van der Waals surface area contributed by atoms with Crippen molar-refractivity contribution < 1.29 is 64.5 Å². The van der Waals surface area contributed by atoms with Crippen molar-refractivity contribution in [3.63, 3.8) is 0 Å². The fourth-order valence-corrected chi connectivity index (χ4v) is 5.25. The predicted molar refractivity (Wildman–Crippen MR) is 115 cm³/mol. The maximum atomic E-state index is 11.0. The monoisotopic (exact) mass is 527 g/mol. The Kier molecular flexibility index (Phi) is 8.55. The first-order valence-electron chi connectivity index (χ1n) is 11.8. The average molecular weight is 528 g/mol. The molecule has 0 bridgehead atoms. The second-order valence-electron chi connectivity index (χ2n) is 9.72. The lowest BCUT2D eigenvalue weighted by Crippen LogP contribution is -2.68. The van der Waals surface area contributed by atoms with Gasteiger partial charge >= 0.3 is 5.97 Å². The van der Waals surface area contributed by atoms with Crippen LogP contribution in [0.3, 0.4) is 0 Å². The molecule has 210 valence electrons. The van der Waals surface area contributed by atoms with Crippen LogP contribution in [0.1, 0.15) is 6.42 Å². The fraction of sp³-hybridized carbons (Fsp3) is 1.00. The highest BCUT2D eigenvalue weighted by Crippen LogP contribution is 2.45. The van der Waals surface area contributed by atoms with E-state index < -0.39 is 111 Å². The molecule has 0 radical (unpaired) electrons. The second-order valence-corrected chi connectivity index (χ2v) is 9.72. The van der Waals surface area contributed by atoms with Gasteiger partial charge in [0.15, 0.2) is 12.4 Å². The number of fused-ring (bicyclic) bond motifs is 1. The van der Waals surface area contributed by atoms with Crippen molar-refractivity contribution in [2.45, 2.75) is 104 Å². The van der Waals surface area contributed by atoms with Gasteiger partial charge in [-0.2, -0.15) is 0 Å². The van der Waals surface area contributed by atoms with Crippen LogP contribution in [0.25, 0.3) is 0 Å². The minimum atomic E-state index is -2.44. The molecular weight excluding hydrogens is 490 g/mol. The Hall–Kier alpha value is -0.640. The fourth-order valence-electron chi connectivity index (χ4n) is 5.25. The van der Waals surface area contributed by atoms with Crippen LogP contribution in [-0.4, -0.2) is 159 Å². The van der Waals surface area contributed by atoms with E-state index in [1.165, 1.54) is 0 Å². The van der Waals surface area contributed by atoms with Gasteiger partial charge in [0.25, 0.3) is 0 Å². The molecule has 16 nitrogen and oxygen atoms in total. The molecule has 4 aliphatic rings. The molecule has 0 aromatic carbocycles. The van der Waals surface area contributed by atoms with Crippen LogP contribution in [-0.2, 0) is 23.7 Å². The average Bonchev–Trinajstić information content (AvgIpc) is 3.26. The molecule has 2 unspecified atom stereocenters. The summed E-state index contributed by atoms with van der Waals surface area (Å²) in [6.07, 6.45) is -17.6. The van der Waals surface area contributed by atoms with Crippen LogP contribution in [0, 0.1) is 0 Å². The summed E-state index contributed by atoms with van der Waals surface area (Å²) in [6.45, 7) is -1.31. The van der Waals surface area contributed by atoms with Crippen molar-refractivity contribution in [1.29, 1.82) is 0 Å². The Labute approximate surface area is 206 Å². The van der Waals surface area contributed by atoms with Crippen LogP contribution in [0.4, 0.5) is 0 Å². The summed E-state index contributed by atoms with van der Waals surface area (Å²) in [5.74, 6) is -2.44. The van der Waals surface area contributed by atoms with E-state index in [0.29, 0.717) is 0 Å². The minimum Gasteiger partial charge on any atom is -0.395 e.